The fraction of sp³-hybridized carbons (Fsp3) is 0.583. The van der Waals surface area contributed by atoms with Gasteiger partial charge in [-0.2, -0.15) is 0 Å². The number of halogens is 1. The number of aromatic nitrogens is 1. The molecular weight excluding hydrogens is 519 g/mol. The van der Waals surface area contributed by atoms with Crippen molar-refractivity contribution in [1.29, 1.82) is 0 Å². The van der Waals surface area contributed by atoms with E-state index in [1.54, 1.807) is 6.20 Å². The summed E-state index contributed by atoms with van der Waals surface area (Å²) < 4.78 is 17.5. The Balaban J connectivity index is 0.00000363. The van der Waals surface area contributed by atoms with Crippen molar-refractivity contribution in [3.05, 3.63) is 47.2 Å². The molecule has 8 heteroatoms. The van der Waals surface area contributed by atoms with Gasteiger partial charge >= 0.3 is 0 Å². The molecule has 0 bridgehead atoms. The highest BCUT2D eigenvalue weighted by Gasteiger charge is 2.19. The molecule has 1 saturated heterocycles. The van der Waals surface area contributed by atoms with Gasteiger partial charge in [0.25, 0.3) is 0 Å². The molecule has 32 heavy (non-hydrogen) atoms. The SMILES string of the molecule is CCNC(=NCc1ccc(C)cc1OCC1CCOC1)NCc1ncc(C(C)(C)C)o1.I. The van der Waals surface area contributed by atoms with Crippen molar-refractivity contribution in [2.75, 3.05) is 26.4 Å². The summed E-state index contributed by atoms with van der Waals surface area (Å²) in [6.45, 7) is 14.5. The summed E-state index contributed by atoms with van der Waals surface area (Å²) in [6, 6.07) is 6.27. The number of guanidine groups is 1. The molecule has 1 aromatic carbocycles. The normalized spacial score (nSPS) is 16.5. The van der Waals surface area contributed by atoms with Gasteiger partial charge < -0.3 is 24.5 Å². The van der Waals surface area contributed by atoms with Crippen LogP contribution >= 0.6 is 24.0 Å². The lowest BCUT2D eigenvalue weighted by atomic mass is 9.94. The van der Waals surface area contributed by atoms with E-state index in [0.717, 1.165) is 43.3 Å². The van der Waals surface area contributed by atoms with Crippen LogP contribution in [-0.4, -0.2) is 37.3 Å². The van der Waals surface area contributed by atoms with Crippen molar-refractivity contribution in [2.45, 2.75) is 59.5 Å². The third-order valence-corrected chi connectivity index (χ3v) is 5.17. The number of oxazole rings is 1. The molecular formula is C24H37IN4O3. The van der Waals surface area contributed by atoms with E-state index in [2.05, 4.69) is 61.5 Å². The van der Waals surface area contributed by atoms with Crippen LogP contribution in [0.15, 0.2) is 33.8 Å². The van der Waals surface area contributed by atoms with Gasteiger partial charge in [-0.05, 0) is 31.9 Å². The second kappa shape index (κ2) is 12.4. The van der Waals surface area contributed by atoms with Gasteiger partial charge in [-0.1, -0.05) is 32.9 Å². The van der Waals surface area contributed by atoms with Gasteiger partial charge in [-0.15, -0.1) is 24.0 Å². The van der Waals surface area contributed by atoms with Gasteiger partial charge in [-0.3, -0.25) is 0 Å². The second-order valence-electron chi connectivity index (χ2n) is 9.07. The molecule has 0 spiro atoms. The first-order valence-electron chi connectivity index (χ1n) is 11.1. The van der Waals surface area contributed by atoms with Gasteiger partial charge in [0.2, 0.25) is 5.89 Å². The summed E-state index contributed by atoms with van der Waals surface area (Å²) in [6.07, 6.45) is 2.86. The molecule has 7 nitrogen and oxygen atoms in total. The van der Waals surface area contributed by atoms with Crippen LogP contribution in [-0.2, 0) is 23.2 Å². The van der Waals surface area contributed by atoms with E-state index in [1.165, 1.54) is 5.56 Å². The van der Waals surface area contributed by atoms with Crippen LogP contribution in [0.3, 0.4) is 0 Å². The van der Waals surface area contributed by atoms with Crippen LogP contribution in [0.25, 0.3) is 0 Å². The van der Waals surface area contributed by atoms with Gasteiger partial charge in [0.1, 0.15) is 11.5 Å². The summed E-state index contributed by atoms with van der Waals surface area (Å²) >= 11 is 0. The largest absolute Gasteiger partial charge is 0.493 e. The van der Waals surface area contributed by atoms with Crippen LogP contribution in [0.4, 0.5) is 0 Å². The first-order chi connectivity index (χ1) is 14.8. The van der Waals surface area contributed by atoms with Crippen molar-refractivity contribution in [3.63, 3.8) is 0 Å². The van der Waals surface area contributed by atoms with E-state index < -0.39 is 0 Å². The molecule has 1 aliphatic heterocycles. The van der Waals surface area contributed by atoms with Crippen molar-refractivity contribution >= 4 is 29.9 Å². The Labute approximate surface area is 208 Å². The van der Waals surface area contributed by atoms with Crippen LogP contribution in [0.5, 0.6) is 5.75 Å². The molecule has 0 saturated carbocycles. The summed E-state index contributed by atoms with van der Waals surface area (Å²) in [5.41, 5.74) is 2.18. The molecule has 0 radical (unpaired) electrons. The summed E-state index contributed by atoms with van der Waals surface area (Å²) in [7, 11) is 0. The second-order valence-corrected chi connectivity index (χ2v) is 9.07. The molecule has 1 atom stereocenters. The number of benzene rings is 1. The Hall–Kier alpha value is -1.81. The molecule has 1 unspecified atom stereocenters. The molecule has 2 aromatic rings. The standard InChI is InChI=1S/C24H36N4O3.HI/c1-6-25-23(28-14-22-26-13-21(31-22)24(3,4)5)27-12-19-8-7-17(2)11-20(19)30-16-18-9-10-29-15-18;/h7-8,11,13,18H,6,9-10,12,14-16H2,1-5H3,(H2,25,27,28);1H. The maximum absolute atomic E-state index is 6.14. The van der Waals surface area contributed by atoms with E-state index in [1.807, 2.05) is 6.92 Å². The average Bonchev–Trinajstić information content (AvgIpc) is 3.41. The Morgan fingerprint density at radius 2 is 2.09 bits per heavy atom. The molecule has 2 heterocycles. The maximum Gasteiger partial charge on any atom is 0.213 e. The number of hydrogen-bond donors (Lipinski definition) is 2. The van der Waals surface area contributed by atoms with Crippen molar-refractivity contribution in [2.24, 2.45) is 10.9 Å². The molecule has 0 aliphatic carbocycles. The zero-order chi connectivity index (χ0) is 22.3. The fourth-order valence-corrected chi connectivity index (χ4v) is 3.25. The van der Waals surface area contributed by atoms with Crippen molar-refractivity contribution in [3.8, 4) is 5.75 Å². The topological polar surface area (TPSA) is 80.9 Å². The van der Waals surface area contributed by atoms with E-state index in [-0.39, 0.29) is 29.4 Å². The van der Waals surface area contributed by atoms with E-state index in [9.17, 15) is 0 Å². The number of nitrogens with zero attached hydrogens (tertiary/aromatic N) is 2. The molecule has 0 amide bonds. The monoisotopic (exact) mass is 556 g/mol. The molecule has 178 valence electrons. The van der Waals surface area contributed by atoms with Crippen molar-refractivity contribution < 1.29 is 13.9 Å². The number of aryl methyl sites for hydroxylation is 1. The van der Waals surface area contributed by atoms with Crippen LogP contribution in [0, 0.1) is 12.8 Å². The fourth-order valence-electron chi connectivity index (χ4n) is 3.25. The third kappa shape index (κ3) is 7.95. The van der Waals surface area contributed by atoms with Crippen LogP contribution in [0.1, 0.15) is 56.9 Å². The highest BCUT2D eigenvalue weighted by molar-refractivity contribution is 14.0. The smallest absolute Gasteiger partial charge is 0.213 e. The van der Waals surface area contributed by atoms with Crippen LogP contribution in [0.2, 0.25) is 0 Å². The minimum atomic E-state index is -0.0592. The number of nitrogens with one attached hydrogen (secondary N) is 2. The van der Waals surface area contributed by atoms with E-state index in [0.29, 0.717) is 37.5 Å². The van der Waals surface area contributed by atoms with Crippen molar-refractivity contribution in [1.82, 2.24) is 15.6 Å². The lowest BCUT2D eigenvalue weighted by molar-refractivity contribution is 0.166. The Morgan fingerprint density at radius 3 is 2.75 bits per heavy atom. The molecule has 1 aromatic heterocycles. The predicted molar refractivity (Wildman–Crippen MR) is 138 cm³/mol. The Bertz CT molecular complexity index is 870. The number of rotatable bonds is 8. The number of hydrogen-bond acceptors (Lipinski definition) is 5. The highest BCUT2D eigenvalue weighted by atomic mass is 127. The molecule has 3 rings (SSSR count). The Morgan fingerprint density at radius 1 is 1.28 bits per heavy atom. The number of ether oxygens (including phenoxy) is 2. The first-order valence-corrected chi connectivity index (χ1v) is 11.1. The molecule has 1 aliphatic rings. The maximum atomic E-state index is 6.14. The summed E-state index contributed by atoms with van der Waals surface area (Å²) in [5, 5.41) is 6.58. The minimum Gasteiger partial charge on any atom is -0.493 e. The first kappa shape index (κ1) is 26.4. The van der Waals surface area contributed by atoms with E-state index in [4.69, 9.17) is 18.9 Å². The third-order valence-electron chi connectivity index (χ3n) is 5.17. The molecule has 2 N–H and O–H groups in total. The lowest BCUT2D eigenvalue weighted by Crippen LogP contribution is -2.36. The quantitative estimate of drug-likeness (QED) is 0.282. The van der Waals surface area contributed by atoms with Gasteiger partial charge in [0.05, 0.1) is 32.5 Å². The predicted octanol–water partition coefficient (Wildman–Crippen LogP) is 4.57. The van der Waals surface area contributed by atoms with Gasteiger partial charge in [-0.25, -0.2) is 9.98 Å². The zero-order valence-corrected chi connectivity index (χ0v) is 22.2. The van der Waals surface area contributed by atoms with Gasteiger partial charge in [0, 0.05) is 30.0 Å². The van der Waals surface area contributed by atoms with E-state index >= 15 is 0 Å². The van der Waals surface area contributed by atoms with Gasteiger partial charge in [0.15, 0.2) is 5.96 Å². The highest BCUT2D eigenvalue weighted by Crippen LogP contribution is 2.24. The Kier molecular flexibility index (Phi) is 10.3. The lowest BCUT2D eigenvalue weighted by Gasteiger charge is -2.15. The summed E-state index contributed by atoms with van der Waals surface area (Å²) in [5.74, 6) is 3.60. The van der Waals surface area contributed by atoms with Crippen LogP contribution < -0.4 is 15.4 Å². The number of aliphatic imine (C=N–C) groups is 1. The molecule has 1 fully saturated rings. The zero-order valence-electron chi connectivity index (χ0n) is 19.9. The summed E-state index contributed by atoms with van der Waals surface area (Å²) in [4.78, 5) is 9.12. The minimum absolute atomic E-state index is 0. The average molecular weight is 556 g/mol.